The third-order valence-corrected chi connectivity index (χ3v) is 3.30. The summed E-state index contributed by atoms with van der Waals surface area (Å²) in [7, 11) is 0. The van der Waals surface area contributed by atoms with Crippen LogP contribution >= 0.6 is 11.3 Å². The molecule has 0 unspecified atom stereocenters. The highest BCUT2D eigenvalue weighted by molar-refractivity contribution is 7.15. The van der Waals surface area contributed by atoms with Crippen LogP contribution in [0.3, 0.4) is 0 Å². The summed E-state index contributed by atoms with van der Waals surface area (Å²) >= 11 is 1.42. The van der Waals surface area contributed by atoms with Gasteiger partial charge in [-0.2, -0.15) is 4.57 Å². The quantitative estimate of drug-likeness (QED) is 0.693. The molecule has 0 atom stereocenters. The molecule has 3 heterocycles. The fourth-order valence-corrected chi connectivity index (χ4v) is 2.50. The van der Waals surface area contributed by atoms with Gasteiger partial charge >= 0.3 is 0 Å². The monoisotopic (exact) mass is 260 g/mol. The van der Waals surface area contributed by atoms with E-state index in [9.17, 15) is 9.90 Å². The van der Waals surface area contributed by atoms with Crippen molar-refractivity contribution in [3.63, 3.8) is 0 Å². The van der Waals surface area contributed by atoms with Gasteiger partial charge in [-0.1, -0.05) is 0 Å². The molecule has 1 N–H and O–H groups in total. The highest BCUT2D eigenvalue weighted by atomic mass is 32.1. The van der Waals surface area contributed by atoms with Gasteiger partial charge in [0.1, 0.15) is 5.69 Å². The Labute approximate surface area is 106 Å². The topological polar surface area (TPSA) is 58.5 Å². The zero-order valence-electron chi connectivity index (χ0n) is 9.35. The molecule has 0 aliphatic carbocycles. The maximum Gasteiger partial charge on any atom is 0.258 e. The van der Waals surface area contributed by atoms with Crippen molar-refractivity contribution in [3.8, 4) is 5.75 Å². The minimum absolute atomic E-state index is 0.0861. The second-order valence-corrected chi connectivity index (χ2v) is 4.75. The third-order valence-electron chi connectivity index (χ3n) is 2.54. The molecule has 0 aliphatic rings. The molecule has 0 aliphatic heterocycles. The van der Waals surface area contributed by atoms with E-state index < -0.39 is 0 Å². The minimum atomic E-state index is -0.0861. The Morgan fingerprint density at radius 1 is 1.50 bits per heavy atom. The van der Waals surface area contributed by atoms with Crippen LogP contribution in [0, 0.1) is 0 Å². The largest absolute Gasteiger partial charge is 0.503 e. The molecule has 0 saturated carbocycles. The first-order valence-electron chi connectivity index (χ1n) is 5.36. The number of thiazole rings is 1. The average Bonchev–Trinajstić information content (AvgIpc) is 2.77. The van der Waals surface area contributed by atoms with Crippen LogP contribution in [0.2, 0.25) is 0 Å². The highest BCUT2D eigenvalue weighted by Gasteiger charge is 2.08. The van der Waals surface area contributed by atoms with Crippen molar-refractivity contribution in [3.05, 3.63) is 58.2 Å². The predicted octanol–water partition coefficient (Wildman–Crippen LogP) is 0.797. The van der Waals surface area contributed by atoms with Gasteiger partial charge in [-0.25, -0.2) is 4.98 Å². The normalized spacial score (nSPS) is 10.9. The number of fused-ring (bicyclic) bond motifs is 1. The molecule has 18 heavy (non-hydrogen) atoms. The van der Waals surface area contributed by atoms with Gasteiger partial charge in [0.15, 0.2) is 23.5 Å². The number of hydrogen-bond donors (Lipinski definition) is 1. The van der Waals surface area contributed by atoms with Crippen LogP contribution in [-0.2, 0) is 6.54 Å². The minimum Gasteiger partial charge on any atom is -0.503 e. The molecule has 3 rings (SSSR count). The van der Waals surface area contributed by atoms with Crippen LogP contribution in [0.25, 0.3) is 4.96 Å². The molecule has 0 spiro atoms. The Bertz CT molecular complexity index is 763. The highest BCUT2D eigenvalue weighted by Crippen LogP contribution is 2.07. The summed E-state index contributed by atoms with van der Waals surface area (Å²) in [5, 5.41) is 11.2. The summed E-state index contributed by atoms with van der Waals surface area (Å²) in [5.41, 5.74) is 0.593. The maximum atomic E-state index is 11.8. The number of aromatic hydroxyl groups is 1. The molecule has 6 heteroatoms. The number of rotatable bonds is 2. The standard InChI is InChI=1S/C12H9N3O2S/c16-10-2-1-3-14(8-10)7-9-6-11(17)15-4-5-18-12(15)13-9/h1-6,8H,7H2/p+1. The molecule has 0 aromatic carbocycles. The summed E-state index contributed by atoms with van der Waals surface area (Å²) in [5.74, 6) is 0.187. The molecule has 3 aromatic rings. The second kappa shape index (κ2) is 4.23. The van der Waals surface area contributed by atoms with Gasteiger partial charge in [0.05, 0.1) is 0 Å². The first-order valence-corrected chi connectivity index (χ1v) is 6.24. The number of nitrogens with zero attached hydrogens (tertiary/aromatic N) is 3. The summed E-state index contributed by atoms with van der Waals surface area (Å²) in [6.07, 6.45) is 5.12. The summed E-state index contributed by atoms with van der Waals surface area (Å²) in [6, 6.07) is 4.85. The Morgan fingerprint density at radius 2 is 2.39 bits per heavy atom. The van der Waals surface area contributed by atoms with Crippen molar-refractivity contribution in [1.29, 1.82) is 0 Å². The van der Waals surface area contributed by atoms with Crippen LogP contribution in [0.4, 0.5) is 0 Å². The SMILES string of the molecule is O=c1cc(C[n+]2cccc(O)c2)nc2sccn12. The average molecular weight is 260 g/mol. The summed E-state index contributed by atoms with van der Waals surface area (Å²) < 4.78 is 3.29. The first-order chi connectivity index (χ1) is 8.72. The van der Waals surface area contributed by atoms with Gasteiger partial charge in [-0.3, -0.25) is 9.20 Å². The lowest BCUT2D eigenvalue weighted by molar-refractivity contribution is -0.689. The van der Waals surface area contributed by atoms with Crippen LogP contribution < -0.4 is 10.1 Å². The van der Waals surface area contributed by atoms with Crippen molar-refractivity contribution in [2.45, 2.75) is 6.54 Å². The fraction of sp³-hybridized carbons (Fsp3) is 0.0833. The van der Waals surface area contributed by atoms with Gasteiger partial charge in [0.2, 0.25) is 6.20 Å². The first kappa shape index (κ1) is 10.9. The van der Waals surface area contributed by atoms with Crippen molar-refractivity contribution >= 4 is 16.3 Å². The Balaban J connectivity index is 2.02. The molecule has 5 nitrogen and oxygen atoms in total. The van der Waals surface area contributed by atoms with E-state index in [4.69, 9.17) is 0 Å². The van der Waals surface area contributed by atoms with E-state index in [1.807, 2.05) is 11.6 Å². The summed E-state index contributed by atoms with van der Waals surface area (Å²) in [6.45, 7) is 0.456. The van der Waals surface area contributed by atoms with Crippen LogP contribution in [0.5, 0.6) is 5.75 Å². The summed E-state index contributed by atoms with van der Waals surface area (Å²) in [4.78, 5) is 16.9. The van der Waals surface area contributed by atoms with Crippen molar-refractivity contribution < 1.29 is 9.67 Å². The number of pyridine rings is 1. The maximum absolute atomic E-state index is 11.8. The number of hydrogen-bond acceptors (Lipinski definition) is 4. The Hall–Kier alpha value is -2.21. The van der Waals surface area contributed by atoms with Gasteiger partial charge in [-0.05, 0) is 6.07 Å². The van der Waals surface area contributed by atoms with E-state index in [2.05, 4.69) is 4.98 Å². The van der Waals surface area contributed by atoms with E-state index >= 15 is 0 Å². The van der Waals surface area contributed by atoms with Crippen LogP contribution in [0.15, 0.2) is 47.0 Å². The van der Waals surface area contributed by atoms with Crippen LogP contribution in [0.1, 0.15) is 5.69 Å². The second-order valence-electron chi connectivity index (χ2n) is 3.88. The zero-order valence-corrected chi connectivity index (χ0v) is 10.2. The molecule has 0 amide bonds. The molecule has 0 saturated heterocycles. The Morgan fingerprint density at radius 3 is 3.22 bits per heavy atom. The van der Waals surface area contributed by atoms with Crippen molar-refractivity contribution in [2.75, 3.05) is 0 Å². The Kier molecular flexibility index (Phi) is 2.56. The predicted molar refractivity (Wildman–Crippen MR) is 66.7 cm³/mol. The lowest BCUT2D eigenvalue weighted by atomic mass is 10.3. The third kappa shape index (κ3) is 1.98. The van der Waals surface area contributed by atoms with Gasteiger partial charge in [0, 0.05) is 23.7 Å². The fourth-order valence-electron chi connectivity index (χ4n) is 1.76. The van der Waals surface area contributed by atoms with E-state index in [0.29, 0.717) is 17.2 Å². The molecular weight excluding hydrogens is 250 g/mol. The van der Waals surface area contributed by atoms with Crippen LogP contribution in [-0.4, -0.2) is 14.5 Å². The van der Waals surface area contributed by atoms with Crippen molar-refractivity contribution in [2.24, 2.45) is 0 Å². The molecular formula is C12H10N3O2S+. The lowest BCUT2D eigenvalue weighted by Gasteiger charge is -1.98. The van der Waals surface area contributed by atoms with E-state index in [1.165, 1.54) is 21.8 Å². The van der Waals surface area contributed by atoms with Gasteiger partial charge in [0.25, 0.3) is 5.56 Å². The molecule has 90 valence electrons. The molecule has 0 bridgehead atoms. The zero-order chi connectivity index (χ0) is 12.5. The molecule has 3 aromatic heterocycles. The van der Waals surface area contributed by atoms with Gasteiger partial charge < -0.3 is 5.11 Å². The number of aromatic nitrogens is 3. The molecule has 0 fully saturated rings. The lowest BCUT2D eigenvalue weighted by Crippen LogP contribution is -2.34. The molecule has 0 radical (unpaired) electrons. The van der Waals surface area contributed by atoms with Crippen molar-refractivity contribution in [1.82, 2.24) is 9.38 Å². The smallest absolute Gasteiger partial charge is 0.258 e. The van der Waals surface area contributed by atoms with E-state index in [0.717, 1.165) is 0 Å². The van der Waals surface area contributed by atoms with Gasteiger partial charge in [-0.15, -0.1) is 11.3 Å². The van der Waals surface area contributed by atoms with E-state index in [1.54, 1.807) is 29.1 Å². The van der Waals surface area contributed by atoms with E-state index in [-0.39, 0.29) is 11.3 Å².